The molecule has 0 amide bonds. The molecular weight excluding hydrogens is 318 g/mol. The fourth-order valence-corrected chi connectivity index (χ4v) is 2.18. The van der Waals surface area contributed by atoms with Crippen LogP contribution in [-0.4, -0.2) is 53.3 Å². The predicted molar refractivity (Wildman–Crippen MR) is 63.1 cm³/mol. The lowest BCUT2D eigenvalue weighted by molar-refractivity contribution is -0.655. The molecule has 2 N–H and O–H groups in total. The Morgan fingerprint density at radius 3 is 1.95 bits per heavy atom. The number of nitrogens with one attached hydrogen (secondary N) is 1. The van der Waals surface area contributed by atoms with E-state index in [1.807, 2.05) is 0 Å². The van der Waals surface area contributed by atoms with Crippen molar-refractivity contribution in [1.82, 2.24) is 5.32 Å². The molecule has 2 rings (SSSR count). The molecule has 0 atom stereocenters. The summed E-state index contributed by atoms with van der Waals surface area (Å²) in [5.74, 6) is -4.35. The first-order valence-electron chi connectivity index (χ1n) is 6.87. The summed E-state index contributed by atoms with van der Waals surface area (Å²) in [4.78, 5) is 0. The Kier molecular flexibility index (Phi) is 6.08. The van der Waals surface area contributed by atoms with Crippen LogP contribution in [0.25, 0.3) is 0 Å². The number of amidine groups is 1. The highest BCUT2D eigenvalue weighted by atomic mass is 19.4. The van der Waals surface area contributed by atoms with E-state index in [1.54, 1.807) is 0 Å². The van der Waals surface area contributed by atoms with E-state index in [0.717, 1.165) is 0 Å². The molecule has 22 heavy (non-hydrogen) atoms. The molecule has 2 heterocycles. The molecule has 0 aromatic heterocycles. The van der Waals surface area contributed by atoms with Crippen molar-refractivity contribution < 1.29 is 41.1 Å². The van der Waals surface area contributed by atoms with Gasteiger partial charge in [-0.2, -0.15) is 26.3 Å². The summed E-state index contributed by atoms with van der Waals surface area (Å²) in [6.07, 6.45) is -5.67. The zero-order valence-electron chi connectivity index (χ0n) is 11.7. The van der Waals surface area contributed by atoms with Gasteiger partial charge in [-0.25, -0.2) is 0 Å². The average molecular weight is 336 g/mol. The third kappa shape index (κ3) is 4.73. The molecule has 0 fully saturated rings. The molecule has 0 aromatic carbocycles. The molecular formula is C12H18F6N2O2. The SMILES string of the molecule is C1CCC2=[N+](CC1)CCCN2.[O-]C(O)(C(F)(F)F)C(F)(F)F. The number of alkyl halides is 6. The van der Waals surface area contributed by atoms with Gasteiger partial charge in [0.25, 0.3) is 0 Å². The van der Waals surface area contributed by atoms with Crippen LogP contribution in [0.5, 0.6) is 0 Å². The Morgan fingerprint density at radius 2 is 1.45 bits per heavy atom. The maximum atomic E-state index is 11.0. The van der Waals surface area contributed by atoms with Crippen molar-refractivity contribution in [3.8, 4) is 0 Å². The number of halogens is 6. The van der Waals surface area contributed by atoms with Gasteiger partial charge >= 0.3 is 12.4 Å². The monoisotopic (exact) mass is 336 g/mol. The summed E-state index contributed by atoms with van der Waals surface area (Å²) in [6, 6.07) is 0. The minimum absolute atomic E-state index is 1.20. The maximum Gasteiger partial charge on any atom is 0.411 e. The van der Waals surface area contributed by atoms with Crippen LogP contribution in [0.4, 0.5) is 26.3 Å². The molecule has 0 saturated carbocycles. The quantitative estimate of drug-likeness (QED) is 0.396. The van der Waals surface area contributed by atoms with Gasteiger partial charge in [0.15, 0.2) is 5.79 Å². The third-order valence-corrected chi connectivity index (χ3v) is 3.43. The lowest BCUT2D eigenvalue weighted by Gasteiger charge is -2.37. The molecule has 4 nitrogen and oxygen atoms in total. The highest BCUT2D eigenvalue weighted by molar-refractivity contribution is 5.77. The van der Waals surface area contributed by atoms with Gasteiger partial charge in [-0.1, -0.05) is 0 Å². The van der Waals surface area contributed by atoms with Crippen LogP contribution < -0.4 is 10.4 Å². The smallest absolute Gasteiger partial charge is 0.411 e. The molecule has 0 radical (unpaired) electrons. The standard InChI is InChI=1S/C9H16N2.C3HF6O2/c1-2-5-9-10-6-4-8-11(9)7-3-1;4-2(5,6)1(10,11)3(7,8)9/h1-8H2;10H/q;-1/p+1. The lowest BCUT2D eigenvalue weighted by Crippen LogP contribution is -2.66. The van der Waals surface area contributed by atoms with Gasteiger partial charge in [0.05, 0.1) is 19.6 Å². The molecule has 0 aromatic rings. The zero-order valence-corrected chi connectivity index (χ0v) is 11.7. The Morgan fingerprint density at radius 1 is 0.909 bits per heavy atom. The van der Waals surface area contributed by atoms with E-state index in [4.69, 9.17) is 5.11 Å². The highest BCUT2D eigenvalue weighted by Crippen LogP contribution is 2.38. The van der Waals surface area contributed by atoms with Crippen LogP contribution >= 0.6 is 0 Å². The summed E-state index contributed by atoms with van der Waals surface area (Å²) in [5.41, 5.74) is 0. The van der Waals surface area contributed by atoms with Crippen molar-refractivity contribution in [2.75, 3.05) is 19.6 Å². The first kappa shape index (κ1) is 19.0. The Hall–Kier alpha value is -1.03. The third-order valence-electron chi connectivity index (χ3n) is 3.43. The van der Waals surface area contributed by atoms with E-state index in [2.05, 4.69) is 9.89 Å². The summed E-state index contributed by atoms with van der Waals surface area (Å²) in [6.45, 7) is 3.79. The van der Waals surface area contributed by atoms with Crippen LogP contribution in [-0.2, 0) is 0 Å². The number of aliphatic hydroxyl groups is 1. The van der Waals surface area contributed by atoms with Crippen molar-refractivity contribution in [3.63, 3.8) is 0 Å². The van der Waals surface area contributed by atoms with Crippen LogP contribution in [0.1, 0.15) is 32.1 Å². The fourth-order valence-electron chi connectivity index (χ4n) is 2.18. The second-order valence-electron chi connectivity index (χ2n) is 5.16. The summed E-state index contributed by atoms with van der Waals surface area (Å²) < 4.78 is 68.8. The summed E-state index contributed by atoms with van der Waals surface area (Å²) in [5, 5.41) is 20.3. The van der Waals surface area contributed by atoms with Crippen molar-refractivity contribution in [1.29, 1.82) is 0 Å². The zero-order chi connectivity index (χ0) is 17.0. The van der Waals surface area contributed by atoms with Gasteiger partial charge in [-0.15, -0.1) is 0 Å². The topological polar surface area (TPSA) is 58.3 Å². The first-order chi connectivity index (χ1) is 9.97. The Labute approximate surface area is 123 Å². The molecule has 2 aliphatic rings. The van der Waals surface area contributed by atoms with E-state index in [1.165, 1.54) is 57.6 Å². The maximum absolute atomic E-state index is 11.0. The van der Waals surface area contributed by atoms with Gasteiger partial charge in [0.1, 0.15) is 0 Å². The number of hydrogen-bond acceptors (Lipinski definition) is 3. The molecule has 0 unspecified atom stereocenters. The molecule has 0 spiro atoms. The van der Waals surface area contributed by atoms with Crippen LogP contribution in [0.15, 0.2) is 0 Å². The van der Waals surface area contributed by atoms with Crippen molar-refractivity contribution >= 4 is 5.84 Å². The molecule has 0 aliphatic carbocycles. The van der Waals surface area contributed by atoms with Crippen molar-refractivity contribution in [3.05, 3.63) is 0 Å². The van der Waals surface area contributed by atoms with Gasteiger partial charge in [0, 0.05) is 12.8 Å². The Bertz CT molecular complexity index is 369. The van der Waals surface area contributed by atoms with Gasteiger partial charge < -0.3 is 10.2 Å². The van der Waals surface area contributed by atoms with E-state index >= 15 is 0 Å². The normalized spacial score (nSPS) is 20.4. The number of hydrogen-bond donors (Lipinski definition) is 2. The van der Waals surface area contributed by atoms with Gasteiger partial charge in [-0.3, -0.25) is 9.89 Å². The van der Waals surface area contributed by atoms with E-state index < -0.39 is 18.1 Å². The Balaban J connectivity index is 0.000000220. The summed E-state index contributed by atoms with van der Waals surface area (Å²) >= 11 is 0. The van der Waals surface area contributed by atoms with Gasteiger partial charge in [0.2, 0.25) is 5.84 Å². The van der Waals surface area contributed by atoms with Crippen LogP contribution in [0.3, 0.4) is 0 Å². The summed E-state index contributed by atoms with van der Waals surface area (Å²) in [7, 11) is 0. The molecule has 0 bridgehead atoms. The van der Waals surface area contributed by atoms with E-state index in [0.29, 0.717) is 0 Å². The average Bonchev–Trinajstić information content (AvgIpc) is 2.62. The van der Waals surface area contributed by atoms with E-state index in [-0.39, 0.29) is 0 Å². The van der Waals surface area contributed by atoms with Gasteiger partial charge in [-0.05, 0) is 19.3 Å². The fraction of sp³-hybridized carbons (Fsp3) is 0.917. The minimum Gasteiger partial charge on any atom is -0.815 e. The minimum atomic E-state index is -6.24. The molecule has 0 saturated heterocycles. The van der Waals surface area contributed by atoms with E-state index in [9.17, 15) is 31.4 Å². The molecule has 130 valence electrons. The predicted octanol–water partition coefficient (Wildman–Crippen LogP) is 1.12. The lowest BCUT2D eigenvalue weighted by atomic mass is 10.2. The second-order valence-corrected chi connectivity index (χ2v) is 5.16. The highest BCUT2D eigenvalue weighted by Gasteiger charge is 2.61. The first-order valence-corrected chi connectivity index (χ1v) is 6.87. The van der Waals surface area contributed by atoms with Crippen molar-refractivity contribution in [2.24, 2.45) is 0 Å². The largest absolute Gasteiger partial charge is 0.815 e. The van der Waals surface area contributed by atoms with Crippen LogP contribution in [0, 0.1) is 0 Å². The molecule has 10 heteroatoms. The molecule has 2 aliphatic heterocycles. The second kappa shape index (κ2) is 7.03. The van der Waals surface area contributed by atoms with Crippen molar-refractivity contribution in [2.45, 2.75) is 50.2 Å². The van der Waals surface area contributed by atoms with Crippen LogP contribution in [0.2, 0.25) is 0 Å². The number of rotatable bonds is 0. The number of nitrogens with zero attached hydrogens (tertiary/aromatic N) is 1.